The van der Waals surface area contributed by atoms with Gasteiger partial charge in [0.1, 0.15) is 5.69 Å². The maximum atomic E-state index is 11.9. The van der Waals surface area contributed by atoms with Crippen LogP contribution >= 0.6 is 0 Å². The van der Waals surface area contributed by atoms with Gasteiger partial charge in [-0.25, -0.2) is 0 Å². The summed E-state index contributed by atoms with van der Waals surface area (Å²) in [7, 11) is 0. The highest BCUT2D eigenvalue weighted by atomic mass is 16.2. The van der Waals surface area contributed by atoms with Crippen molar-refractivity contribution < 1.29 is 4.79 Å². The van der Waals surface area contributed by atoms with Gasteiger partial charge < -0.3 is 16.0 Å². The van der Waals surface area contributed by atoms with E-state index in [-0.39, 0.29) is 5.91 Å². The van der Waals surface area contributed by atoms with Crippen LogP contribution in [-0.4, -0.2) is 16.9 Å². The van der Waals surface area contributed by atoms with Crippen LogP contribution in [0.4, 0.5) is 5.69 Å². The molecule has 0 aliphatic heterocycles. The van der Waals surface area contributed by atoms with Gasteiger partial charge in [0.2, 0.25) is 0 Å². The van der Waals surface area contributed by atoms with Crippen molar-refractivity contribution in [2.24, 2.45) is 5.92 Å². The van der Waals surface area contributed by atoms with Crippen LogP contribution < -0.4 is 11.1 Å². The molecule has 1 aliphatic rings. The van der Waals surface area contributed by atoms with E-state index >= 15 is 0 Å². The second-order valence-electron chi connectivity index (χ2n) is 4.82. The Morgan fingerprint density at radius 1 is 1.47 bits per heavy atom. The molecule has 0 saturated heterocycles. The number of hydrogen-bond donors (Lipinski definition) is 3. The minimum Gasteiger partial charge on any atom is -0.399 e. The number of nitrogen functional groups attached to an aromatic ring is 1. The Balaban J connectivity index is 1.87. The zero-order valence-corrected chi connectivity index (χ0v) is 9.66. The fourth-order valence-electron chi connectivity index (χ4n) is 2.04. The van der Waals surface area contributed by atoms with Gasteiger partial charge >= 0.3 is 0 Å². The van der Waals surface area contributed by atoms with Crippen molar-refractivity contribution in [3.63, 3.8) is 0 Å². The van der Waals surface area contributed by atoms with Crippen molar-refractivity contribution in [3.05, 3.63) is 30.0 Å². The summed E-state index contributed by atoms with van der Waals surface area (Å²) in [5.41, 5.74) is 7.95. The Kier molecular flexibility index (Phi) is 2.11. The van der Waals surface area contributed by atoms with Gasteiger partial charge in [0.15, 0.2) is 0 Å². The number of aromatic nitrogens is 1. The SMILES string of the molecule is CC1CC1NC(=O)c1cc2cc(N)ccc2[nH]1. The molecular formula is C13H15N3O. The lowest BCUT2D eigenvalue weighted by Crippen LogP contribution is -2.26. The molecule has 0 radical (unpaired) electrons. The first-order valence-corrected chi connectivity index (χ1v) is 5.82. The molecule has 4 heteroatoms. The molecule has 3 rings (SSSR count). The highest BCUT2D eigenvalue weighted by Gasteiger charge is 2.34. The van der Waals surface area contributed by atoms with Crippen LogP contribution in [0, 0.1) is 5.92 Å². The molecule has 2 atom stereocenters. The van der Waals surface area contributed by atoms with E-state index in [4.69, 9.17) is 5.73 Å². The third-order valence-corrected chi connectivity index (χ3v) is 3.32. The van der Waals surface area contributed by atoms with E-state index in [9.17, 15) is 4.79 Å². The Morgan fingerprint density at radius 2 is 2.24 bits per heavy atom. The second-order valence-corrected chi connectivity index (χ2v) is 4.82. The van der Waals surface area contributed by atoms with Crippen molar-refractivity contribution in [1.29, 1.82) is 0 Å². The van der Waals surface area contributed by atoms with Crippen LogP contribution in [0.3, 0.4) is 0 Å². The standard InChI is InChI=1S/C13H15N3O/c1-7-4-11(7)16-13(17)12-6-8-5-9(14)2-3-10(8)15-12/h2-3,5-7,11,15H,4,14H2,1H3,(H,16,17). The minimum absolute atomic E-state index is 0.0332. The number of benzene rings is 1. The van der Waals surface area contributed by atoms with Gasteiger partial charge in [-0.1, -0.05) is 6.92 Å². The molecule has 0 spiro atoms. The Bertz CT molecular complexity index is 587. The number of nitrogens with one attached hydrogen (secondary N) is 2. The number of rotatable bonds is 2. The predicted octanol–water partition coefficient (Wildman–Crippen LogP) is 1.89. The van der Waals surface area contributed by atoms with E-state index in [1.807, 2.05) is 24.3 Å². The number of nitrogens with two attached hydrogens (primary N) is 1. The number of aromatic amines is 1. The zero-order chi connectivity index (χ0) is 12.0. The summed E-state index contributed by atoms with van der Waals surface area (Å²) in [5, 5.41) is 3.97. The van der Waals surface area contributed by atoms with Crippen LogP contribution in [-0.2, 0) is 0 Å². The highest BCUT2D eigenvalue weighted by molar-refractivity contribution is 5.98. The summed E-state index contributed by atoms with van der Waals surface area (Å²) in [6.45, 7) is 2.14. The van der Waals surface area contributed by atoms with E-state index in [0.717, 1.165) is 17.3 Å². The van der Waals surface area contributed by atoms with Crippen LogP contribution in [0.25, 0.3) is 10.9 Å². The molecule has 0 bridgehead atoms. The normalized spacial score (nSPS) is 22.6. The maximum absolute atomic E-state index is 11.9. The Morgan fingerprint density at radius 3 is 2.94 bits per heavy atom. The highest BCUT2D eigenvalue weighted by Crippen LogP contribution is 2.29. The third-order valence-electron chi connectivity index (χ3n) is 3.32. The van der Waals surface area contributed by atoms with Gasteiger partial charge in [-0.3, -0.25) is 4.79 Å². The van der Waals surface area contributed by atoms with E-state index in [1.165, 1.54) is 0 Å². The molecule has 17 heavy (non-hydrogen) atoms. The first-order chi connectivity index (χ1) is 8.13. The molecule has 1 heterocycles. The van der Waals surface area contributed by atoms with Crippen molar-refractivity contribution in [2.75, 3.05) is 5.73 Å². The number of carbonyl (C=O) groups excluding carboxylic acids is 1. The predicted molar refractivity (Wildman–Crippen MR) is 67.7 cm³/mol. The lowest BCUT2D eigenvalue weighted by molar-refractivity contribution is 0.0945. The topological polar surface area (TPSA) is 70.9 Å². The summed E-state index contributed by atoms with van der Waals surface area (Å²) in [4.78, 5) is 15.0. The largest absolute Gasteiger partial charge is 0.399 e. The van der Waals surface area contributed by atoms with E-state index in [0.29, 0.717) is 23.3 Å². The Labute approximate surface area is 99.2 Å². The number of H-pyrrole nitrogens is 1. The molecule has 1 aliphatic carbocycles. The molecule has 1 fully saturated rings. The lowest BCUT2D eigenvalue weighted by atomic mass is 10.2. The number of fused-ring (bicyclic) bond motifs is 1. The van der Waals surface area contributed by atoms with Crippen molar-refractivity contribution in [2.45, 2.75) is 19.4 Å². The molecule has 1 saturated carbocycles. The van der Waals surface area contributed by atoms with Crippen molar-refractivity contribution in [3.8, 4) is 0 Å². The van der Waals surface area contributed by atoms with Crippen molar-refractivity contribution in [1.82, 2.24) is 10.3 Å². The molecule has 1 amide bonds. The van der Waals surface area contributed by atoms with Crippen molar-refractivity contribution >= 4 is 22.5 Å². The fourth-order valence-corrected chi connectivity index (χ4v) is 2.04. The molecule has 2 aromatic rings. The monoisotopic (exact) mass is 229 g/mol. The molecule has 4 N–H and O–H groups in total. The molecule has 88 valence electrons. The quantitative estimate of drug-likeness (QED) is 0.688. The molecule has 1 aromatic carbocycles. The molecule has 1 aromatic heterocycles. The van der Waals surface area contributed by atoms with Gasteiger partial charge in [-0.2, -0.15) is 0 Å². The van der Waals surface area contributed by atoms with E-state index in [2.05, 4.69) is 17.2 Å². The van der Waals surface area contributed by atoms with Crippen LogP contribution in [0.1, 0.15) is 23.8 Å². The lowest BCUT2D eigenvalue weighted by Gasteiger charge is -2.00. The average molecular weight is 229 g/mol. The summed E-state index contributed by atoms with van der Waals surface area (Å²) in [5.74, 6) is 0.577. The molecule has 4 nitrogen and oxygen atoms in total. The number of anilines is 1. The van der Waals surface area contributed by atoms with Crippen LogP contribution in [0.2, 0.25) is 0 Å². The first kappa shape index (κ1) is 10.2. The van der Waals surface area contributed by atoms with Gasteiger partial charge in [-0.05, 0) is 36.6 Å². The third kappa shape index (κ3) is 1.86. The zero-order valence-electron chi connectivity index (χ0n) is 9.66. The van der Waals surface area contributed by atoms with E-state index in [1.54, 1.807) is 0 Å². The van der Waals surface area contributed by atoms with Gasteiger partial charge in [-0.15, -0.1) is 0 Å². The summed E-state index contributed by atoms with van der Waals surface area (Å²) < 4.78 is 0. The summed E-state index contributed by atoms with van der Waals surface area (Å²) in [6, 6.07) is 7.76. The number of amides is 1. The molecule has 2 unspecified atom stereocenters. The fraction of sp³-hybridized carbons (Fsp3) is 0.308. The maximum Gasteiger partial charge on any atom is 0.267 e. The van der Waals surface area contributed by atoms with Gasteiger partial charge in [0.25, 0.3) is 5.91 Å². The second kappa shape index (κ2) is 3.52. The number of hydrogen-bond acceptors (Lipinski definition) is 2. The number of carbonyl (C=O) groups is 1. The van der Waals surface area contributed by atoms with Gasteiger partial charge in [0.05, 0.1) is 0 Å². The first-order valence-electron chi connectivity index (χ1n) is 5.82. The summed E-state index contributed by atoms with van der Waals surface area (Å²) >= 11 is 0. The average Bonchev–Trinajstić information content (AvgIpc) is 2.81. The smallest absolute Gasteiger partial charge is 0.267 e. The molecular weight excluding hydrogens is 214 g/mol. The Hall–Kier alpha value is -1.97. The van der Waals surface area contributed by atoms with Crippen LogP contribution in [0.15, 0.2) is 24.3 Å². The summed E-state index contributed by atoms with van der Waals surface area (Å²) in [6.07, 6.45) is 1.08. The minimum atomic E-state index is -0.0332. The van der Waals surface area contributed by atoms with E-state index < -0.39 is 0 Å². The van der Waals surface area contributed by atoms with Gasteiger partial charge in [0, 0.05) is 22.6 Å². The van der Waals surface area contributed by atoms with Crippen LogP contribution in [0.5, 0.6) is 0 Å².